The van der Waals surface area contributed by atoms with Crippen LogP contribution in [-0.4, -0.2) is 17.5 Å². The molecule has 0 spiro atoms. The van der Waals surface area contributed by atoms with E-state index in [1.165, 1.54) is 18.2 Å². The van der Waals surface area contributed by atoms with Crippen LogP contribution in [0.3, 0.4) is 0 Å². The zero-order valence-electron chi connectivity index (χ0n) is 10.1. The highest BCUT2D eigenvalue weighted by Gasteiger charge is 2.18. The van der Waals surface area contributed by atoms with Gasteiger partial charge in [0.25, 0.3) is 5.91 Å². The zero-order chi connectivity index (χ0) is 13.2. The number of benzene rings is 1. The van der Waals surface area contributed by atoms with E-state index in [9.17, 15) is 9.59 Å². The molecule has 1 amide bonds. The van der Waals surface area contributed by atoms with Gasteiger partial charge in [0.05, 0.1) is 11.1 Å². The standard InChI is InChI=1S/C12H16N2O3/c1-12(2,3)17-11(16)7-4-5-8(10(14)15)9(13)6-7/h4-6H,13H2,1-3H3,(H2,14,15). The number of anilines is 1. The lowest BCUT2D eigenvalue weighted by Gasteiger charge is -2.19. The highest BCUT2D eigenvalue weighted by molar-refractivity contribution is 6.00. The number of esters is 1. The van der Waals surface area contributed by atoms with Crippen molar-refractivity contribution in [3.63, 3.8) is 0 Å². The van der Waals surface area contributed by atoms with Gasteiger partial charge in [-0.2, -0.15) is 0 Å². The molecule has 1 aromatic rings. The number of rotatable bonds is 2. The highest BCUT2D eigenvalue weighted by atomic mass is 16.6. The van der Waals surface area contributed by atoms with E-state index in [0.717, 1.165) is 0 Å². The molecule has 5 heteroatoms. The second-order valence-electron chi connectivity index (χ2n) is 4.67. The third kappa shape index (κ3) is 3.48. The summed E-state index contributed by atoms with van der Waals surface area (Å²) in [7, 11) is 0. The summed E-state index contributed by atoms with van der Waals surface area (Å²) in [5.41, 5.74) is 10.8. The first-order valence-corrected chi connectivity index (χ1v) is 5.13. The van der Waals surface area contributed by atoms with E-state index < -0.39 is 17.5 Å². The average molecular weight is 236 g/mol. The smallest absolute Gasteiger partial charge is 0.338 e. The Morgan fingerprint density at radius 1 is 1.24 bits per heavy atom. The van der Waals surface area contributed by atoms with Crippen LogP contribution in [0.1, 0.15) is 41.5 Å². The Morgan fingerprint density at radius 3 is 2.24 bits per heavy atom. The number of nitrogens with two attached hydrogens (primary N) is 2. The molecule has 1 rings (SSSR count). The fraction of sp³-hybridized carbons (Fsp3) is 0.333. The number of ether oxygens (including phenoxy) is 1. The maximum atomic E-state index is 11.7. The van der Waals surface area contributed by atoms with Gasteiger partial charge in [0.2, 0.25) is 0 Å². The number of hydrogen-bond acceptors (Lipinski definition) is 4. The normalized spacial score (nSPS) is 11.0. The molecule has 0 saturated heterocycles. The summed E-state index contributed by atoms with van der Waals surface area (Å²) in [6.45, 7) is 5.31. The first-order valence-electron chi connectivity index (χ1n) is 5.13. The van der Waals surface area contributed by atoms with Crippen molar-refractivity contribution in [2.24, 2.45) is 5.73 Å². The number of primary amides is 1. The van der Waals surface area contributed by atoms with E-state index in [-0.39, 0.29) is 11.3 Å². The van der Waals surface area contributed by atoms with Gasteiger partial charge in [0.1, 0.15) is 5.60 Å². The van der Waals surface area contributed by atoms with E-state index >= 15 is 0 Å². The Kier molecular flexibility index (Phi) is 3.41. The fourth-order valence-electron chi connectivity index (χ4n) is 1.25. The summed E-state index contributed by atoms with van der Waals surface area (Å²) in [5, 5.41) is 0. The fourth-order valence-corrected chi connectivity index (χ4v) is 1.25. The van der Waals surface area contributed by atoms with Crippen LogP contribution >= 0.6 is 0 Å². The third-order valence-corrected chi connectivity index (χ3v) is 1.95. The van der Waals surface area contributed by atoms with Crippen molar-refractivity contribution in [2.75, 3.05) is 5.73 Å². The number of carbonyl (C=O) groups is 2. The Morgan fingerprint density at radius 2 is 1.82 bits per heavy atom. The minimum Gasteiger partial charge on any atom is -0.456 e. The summed E-state index contributed by atoms with van der Waals surface area (Å²) >= 11 is 0. The molecule has 5 nitrogen and oxygen atoms in total. The van der Waals surface area contributed by atoms with Crippen LogP contribution < -0.4 is 11.5 Å². The molecule has 0 aliphatic rings. The Hall–Kier alpha value is -2.04. The topological polar surface area (TPSA) is 95.4 Å². The molecule has 1 aromatic carbocycles. The average Bonchev–Trinajstić information content (AvgIpc) is 2.14. The van der Waals surface area contributed by atoms with Gasteiger partial charge in [-0.05, 0) is 39.0 Å². The molecule has 0 heterocycles. The maximum absolute atomic E-state index is 11.7. The van der Waals surface area contributed by atoms with E-state index in [1.807, 2.05) is 0 Å². The lowest BCUT2D eigenvalue weighted by molar-refractivity contribution is 0.00694. The molecule has 17 heavy (non-hydrogen) atoms. The van der Waals surface area contributed by atoms with Crippen molar-refractivity contribution in [1.82, 2.24) is 0 Å². The molecule has 0 atom stereocenters. The van der Waals surface area contributed by atoms with E-state index in [1.54, 1.807) is 20.8 Å². The molecule has 0 aromatic heterocycles. The van der Waals surface area contributed by atoms with Crippen LogP contribution in [0.5, 0.6) is 0 Å². The SMILES string of the molecule is CC(C)(C)OC(=O)c1ccc(C(N)=O)c(N)c1. The Bertz CT molecular complexity index is 461. The predicted molar refractivity (Wildman–Crippen MR) is 64.5 cm³/mol. The van der Waals surface area contributed by atoms with Gasteiger partial charge in [-0.3, -0.25) is 4.79 Å². The lowest BCUT2D eigenvalue weighted by Crippen LogP contribution is -2.24. The van der Waals surface area contributed by atoms with Gasteiger partial charge in [0.15, 0.2) is 0 Å². The minimum absolute atomic E-state index is 0.167. The molecule has 0 bridgehead atoms. The lowest BCUT2D eigenvalue weighted by atomic mass is 10.1. The van der Waals surface area contributed by atoms with Crippen molar-refractivity contribution in [3.8, 4) is 0 Å². The van der Waals surface area contributed by atoms with E-state index in [0.29, 0.717) is 5.56 Å². The molecule has 0 fully saturated rings. The van der Waals surface area contributed by atoms with Crippen LogP contribution in [0.4, 0.5) is 5.69 Å². The number of carbonyl (C=O) groups excluding carboxylic acids is 2. The van der Waals surface area contributed by atoms with Gasteiger partial charge in [-0.15, -0.1) is 0 Å². The summed E-state index contributed by atoms with van der Waals surface area (Å²) in [5.74, 6) is -1.11. The molecule has 0 aliphatic carbocycles. The Labute approximate surface area is 99.7 Å². The molecule has 4 N–H and O–H groups in total. The number of hydrogen-bond donors (Lipinski definition) is 2. The third-order valence-electron chi connectivity index (χ3n) is 1.95. The minimum atomic E-state index is -0.627. The van der Waals surface area contributed by atoms with Gasteiger partial charge in [-0.25, -0.2) is 4.79 Å². The number of amides is 1. The molecule has 0 unspecified atom stereocenters. The van der Waals surface area contributed by atoms with Gasteiger partial charge in [0, 0.05) is 5.69 Å². The quantitative estimate of drug-likeness (QED) is 0.598. The largest absolute Gasteiger partial charge is 0.456 e. The van der Waals surface area contributed by atoms with Crippen molar-refractivity contribution in [2.45, 2.75) is 26.4 Å². The molecule has 0 aliphatic heterocycles. The first kappa shape index (κ1) is 13.0. The zero-order valence-corrected chi connectivity index (χ0v) is 10.1. The van der Waals surface area contributed by atoms with Crippen molar-refractivity contribution < 1.29 is 14.3 Å². The molecular formula is C12H16N2O3. The number of nitrogen functional groups attached to an aromatic ring is 1. The van der Waals surface area contributed by atoms with Crippen molar-refractivity contribution in [3.05, 3.63) is 29.3 Å². The van der Waals surface area contributed by atoms with E-state index in [4.69, 9.17) is 16.2 Å². The Balaban J connectivity index is 2.98. The highest BCUT2D eigenvalue weighted by Crippen LogP contribution is 2.17. The van der Waals surface area contributed by atoms with Crippen LogP contribution in [0, 0.1) is 0 Å². The molecule has 0 saturated carbocycles. The summed E-state index contributed by atoms with van der Waals surface area (Å²) < 4.78 is 5.17. The van der Waals surface area contributed by atoms with Gasteiger partial charge < -0.3 is 16.2 Å². The van der Waals surface area contributed by atoms with Gasteiger partial charge >= 0.3 is 5.97 Å². The van der Waals surface area contributed by atoms with Crippen molar-refractivity contribution in [1.29, 1.82) is 0 Å². The van der Waals surface area contributed by atoms with Gasteiger partial charge in [-0.1, -0.05) is 0 Å². The van der Waals surface area contributed by atoms with Crippen LogP contribution in [-0.2, 0) is 4.74 Å². The monoisotopic (exact) mass is 236 g/mol. The van der Waals surface area contributed by atoms with Crippen molar-refractivity contribution >= 4 is 17.6 Å². The van der Waals surface area contributed by atoms with Crippen LogP contribution in [0.15, 0.2) is 18.2 Å². The second-order valence-corrected chi connectivity index (χ2v) is 4.67. The summed E-state index contributed by atoms with van der Waals surface area (Å²) in [4.78, 5) is 22.7. The molecule has 92 valence electrons. The van der Waals surface area contributed by atoms with E-state index in [2.05, 4.69) is 0 Å². The maximum Gasteiger partial charge on any atom is 0.338 e. The molecule has 0 radical (unpaired) electrons. The molecular weight excluding hydrogens is 220 g/mol. The predicted octanol–water partition coefficient (Wildman–Crippen LogP) is 1.32. The first-order chi connectivity index (χ1) is 7.70. The summed E-state index contributed by atoms with van der Waals surface area (Å²) in [6, 6.07) is 4.26. The van der Waals surface area contributed by atoms with Crippen LogP contribution in [0.25, 0.3) is 0 Å². The van der Waals surface area contributed by atoms with Crippen LogP contribution in [0.2, 0.25) is 0 Å². The second kappa shape index (κ2) is 4.45. The summed E-state index contributed by atoms with van der Waals surface area (Å²) in [6.07, 6.45) is 0.